The highest BCUT2D eigenvalue weighted by Gasteiger charge is 2.13. The van der Waals surface area contributed by atoms with Gasteiger partial charge in [-0.05, 0) is 12.3 Å². The van der Waals surface area contributed by atoms with Gasteiger partial charge in [-0.3, -0.25) is 0 Å². The number of nitrogens with one attached hydrogen (secondary N) is 1. The average molecular weight is 114 g/mol. The highest BCUT2D eigenvalue weighted by Crippen LogP contribution is 2.09. The minimum Gasteiger partial charge on any atom is -0.381 e. The summed E-state index contributed by atoms with van der Waals surface area (Å²) in [5.74, 6) is 0.715. The molecule has 2 heteroatoms. The van der Waals surface area contributed by atoms with Gasteiger partial charge in [-0.2, -0.15) is 0 Å². The molecule has 1 heterocycles. The van der Waals surface area contributed by atoms with Crippen LogP contribution in [-0.2, 0) is 4.74 Å². The van der Waals surface area contributed by atoms with Crippen LogP contribution in [0.25, 0.3) is 0 Å². The molecule has 0 aromatic rings. The van der Waals surface area contributed by atoms with E-state index in [2.05, 4.69) is 12.4 Å². The van der Waals surface area contributed by atoms with Gasteiger partial charge in [0.1, 0.15) is 0 Å². The molecule has 0 spiro atoms. The molecule has 1 aliphatic rings. The molecule has 47 valence electrons. The topological polar surface area (TPSA) is 21.3 Å². The molecule has 1 unspecified atom stereocenters. The monoisotopic (exact) mass is 114 g/mol. The van der Waals surface area contributed by atoms with Gasteiger partial charge in [-0.25, -0.2) is 0 Å². The average Bonchev–Trinajstić information content (AvgIpc) is 2.19. The Morgan fingerprint density at radius 2 is 2.62 bits per heavy atom. The first-order valence-electron chi connectivity index (χ1n) is 3.01. The molecule has 0 aromatic heterocycles. The van der Waals surface area contributed by atoms with Gasteiger partial charge < -0.3 is 10.1 Å². The summed E-state index contributed by atoms with van der Waals surface area (Å²) in [4.78, 5) is 0. The fourth-order valence-electron chi connectivity index (χ4n) is 0.948. The largest absolute Gasteiger partial charge is 0.381 e. The first-order valence-corrected chi connectivity index (χ1v) is 3.01. The van der Waals surface area contributed by atoms with E-state index in [4.69, 9.17) is 4.74 Å². The molecule has 1 fully saturated rings. The molecule has 8 heavy (non-hydrogen) atoms. The van der Waals surface area contributed by atoms with Gasteiger partial charge in [0.2, 0.25) is 0 Å². The maximum Gasteiger partial charge on any atom is 0.0507 e. The Morgan fingerprint density at radius 1 is 1.75 bits per heavy atom. The van der Waals surface area contributed by atoms with Crippen LogP contribution in [0.2, 0.25) is 0 Å². The van der Waals surface area contributed by atoms with E-state index in [9.17, 15) is 0 Å². The second kappa shape index (κ2) is 3.05. The van der Waals surface area contributed by atoms with Crippen molar-refractivity contribution in [1.29, 1.82) is 0 Å². The van der Waals surface area contributed by atoms with Crippen molar-refractivity contribution in [1.82, 2.24) is 5.32 Å². The lowest BCUT2D eigenvalue weighted by molar-refractivity contribution is 0.186. The SMILES string of the molecule is [CH2]NCC1CCOC1. The molecule has 1 rings (SSSR count). The van der Waals surface area contributed by atoms with Crippen molar-refractivity contribution < 1.29 is 4.74 Å². The molecule has 1 saturated heterocycles. The van der Waals surface area contributed by atoms with Gasteiger partial charge in [0.05, 0.1) is 6.61 Å². The van der Waals surface area contributed by atoms with E-state index in [0.717, 1.165) is 19.8 Å². The first kappa shape index (κ1) is 6.05. The Balaban J connectivity index is 2.06. The predicted octanol–water partition coefficient (Wildman–Crippen LogP) is 0.404. The van der Waals surface area contributed by atoms with E-state index in [-0.39, 0.29) is 0 Å². The van der Waals surface area contributed by atoms with Crippen LogP contribution in [0.1, 0.15) is 6.42 Å². The Hall–Kier alpha value is -0.0800. The quantitative estimate of drug-likeness (QED) is 0.561. The van der Waals surface area contributed by atoms with Gasteiger partial charge in [0, 0.05) is 20.2 Å². The van der Waals surface area contributed by atoms with Crippen LogP contribution < -0.4 is 5.32 Å². The predicted molar refractivity (Wildman–Crippen MR) is 32.3 cm³/mol. The molecule has 0 aliphatic carbocycles. The minimum atomic E-state index is 0.715. The molecule has 1 aliphatic heterocycles. The maximum atomic E-state index is 5.14. The third-order valence-corrected chi connectivity index (χ3v) is 1.46. The molecular formula is C6H12NO. The van der Waals surface area contributed by atoms with Gasteiger partial charge >= 0.3 is 0 Å². The van der Waals surface area contributed by atoms with Crippen LogP contribution in [0.15, 0.2) is 0 Å². The molecular weight excluding hydrogens is 102 g/mol. The van der Waals surface area contributed by atoms with Crippen molar-refractivity contribution in [2.45, 2.75) is 6.42 Å². The third kappa shape index (κ3) is 1.46. The van der Waals surface area contributed by atoms with Crippen molar-refractivity contribution >= 4 is 0 Å². The van der Waals surface area contributed by atoms with E-state index in [0.29, 0.717) is 5.92 Å². The van der Waals surface area contributed by atoms with Crippen molar-refractivity contribution in [2.24, 2.45) is 5.92 Å². The Kier molecular flexibility index (Phi) is 2.30. The van der Waals surface area contributed by atoms with Crippen LogP contribution in [0, 0.1) is 13.0 Å². The molecule has 2 nitrogen and oxygen atoms in total. The number of hydrogen-bond acceptors (Lipinski definition) is 2. The fraction of sp³-hybridized carbons (Fsp3) is 0.833. The molecule has 0 bridgehead atoms. The Morgan fingerprint density at radius 3 is 3.12 bits per heavy atom. The molecule has 1 radical (unpaired) electrons. The van der Waals surface area contributed by atoms with E-state index < -0.39 is 0 Å². The van der Waals surface area contributed by atoms with E-state index in [1.165, 1.54) is 6.42 Å². The molecule has 0 saturated carbocycles. The van der Waals surface area contributed by atoms with Crippen LogP contribution in [0.3, 0.4) is 0 Å². The summed E-state index contributed by atoms with van der Waals surface area (Å²) >= 11 is 0. The van der Waals surface area contributed by atoms with Gasteiger partial charge in [-0.1, -0.05) is 0 Å². The lowest BCUT2D eigenvalue weighted by Crippen LogP contribution is -2.16. The summed E-state index contributed by atoms with van der Waals surface area (Å²) in [5.41, 5.74) is 0. The second-order valence-corrected chi connectivity index (χ2v) is 2.18. The van der Waals surface area contributed by atoms with Gasteiger partial charge in [-0.15, -0.1) is 0 Å². The third-order valence-electron chi connectivity index (χ3n) is 1.46. The minimum absolute atomic E-state index is 0.715. The van der Waals surface area contributed by atoms with Crippen molar-refractivity contribution in [3.05, 3.63) is 7.05 Å². The normalized spacial score (nSPS) is 28.9. The maximum absolute atomic E-state index is 5.14. The molecule has 0 amide bonds. The lowest BCUT2D eigenvalue weighted by Gasteiger charge is -2.02. The summed E-state index contributed by atoms with van der Waals surface area (Å²) in [5, 5.41) is 2.88. The zero-order chi connectivity index (χ0) is 5.82. The first-order chi connectivity index (χ1) is 3.93. The van der Waals surface area contributed by atoms with Crippen molar-refractivity contribution in [3.8, 4) is 0 Å². The summed E-state index contributed by atoms with van der Waals surface area (Å²) in [6.07, 6.45) is 1.20. The second-order valence-electron chi connectivity index (χ2n) is 2.18. The van der Waals surface area contributed by atoms with Crippen LogP contribution in [0.4, 0.5) is 0 Å². The highest BCUT2D eigenvalue weighted by atomic mass is 16.5. The Bertz CT molecular complexity index is 59.5. The molecule has 1 N–H and O–H groups in total. The Labute approximate surface area is 50.2 Å². The summed E-state index contributed by atoms with van der Waals surface area (Å²) < 4.78 is 5.14. The highest BCUT2D eigenvalue weighted by molar-refractivity contribution is 4.65. The van der Waals surface area contributed by atoms with Gasteiger partial charge in [0.15, 0.2) is 0 Å². The van der Waals surface area contributed by atoms with E-state index in [1.807, 2.05) is 0 Å². The van der Waals surface area contributed by atoms with Crippen LogP contribution >= 0.6 is 0 Å². The number of rotatable bonds is 2. The number of hydrogen-bond donors (Lipinski definition) is 1. The smallest absolute Gasteiger partial charge is 0.0507 e. The summed E-state index contributed by atoms with van der Waals surface area (Å²) in [7, 11) is 3.54. The lowest BCUT2D eigenvalue weighted by atomic mass is 10.1. The number of ether oxygens (including phenoxy) is 1. The summed E-state index contributed by atoms with van der Waals surface area (Å²) in [6, 6.07) is 0. The van der Waals surface area contributed by atoms with Gasteiger partial charge in [0.25, 0.3) is 0 Å². The van der Waals surface area contributed by atoms with Crippen LogP contribution in [0.5, 0.6) is 0 Å². The van der Waals surface area contributed by atoms with Crippen molar-refractivity contribution in [3.63, 3.8) is 0 Å². The zero-order valence-corrected chi connectivity index (χ0v) is 5.02. The van der Waals surface area contributed by atoms with E-state index >= 15 is 0 Å². The van der Waals surface area contributed by atoms with E-state index in [1.54, 1.807) is 0 Å². The fourth-order valence-corrected chi connectivity index (χ4v) is 0.948. The standard InChI is InChI=1S/C6H12NO/c1-7-4-6-2-3-8-5-6/h6-7H,1-5H2. The zero-order valence-electron chi connectivity index (χ0n) is 5.02. The molecule has 1 atom stereocenters. The van der Waals surface area contributed by atoms with Crippen molar-refractivity contribution in [2.75, 3.05) is 19.8 Å². The molecule has 0 aromatic carbocycles. The summed E-state index contributed by atoms with van der Waals surface area (Å²) in [6.45, 7) is 2.86. The van der Waals surface area contributed by atoms with Crippen LogP contribution in [-0.4, -0.2) is 19.8 Å².